The number of aryl methyl sites for hydroxylation is 1. The Labute approximate surface area is 147 Å². The van der Waals surface area contributed by atoms with E-state index in [9.17, 15) is 9.59 Å². The lowest BCUT2D eigenvalue weighted by Gasteiger charge is -2.38. The minimum atomic E-state index is -0.502. The van der Waals surface area contributed by atoms with E-state index in [1.54, 1.807) is 24.3 Å². The van der Waals surface area contributed by atoms with E-state index in [2.05, 4.69) is 0 Å². The topological polar surface area (TPSA) is 72.6 Å². The molecule has 2 amide bonds. The van der Waals surface area contributed by atoms with Crippen LogP contribution in [-0.4, -0.2) is 35.9 Å². The summed E-state index contributed by atoms with van der Waals surface area (Å²) in [6.07, 6.45) is -0.133. The van der Waals surface area contributed by atoms with Crippen LogP contribution >= 0.6 is 0 Å². The molecule has 25 heavy (non-hydrogen) atoms. The smallest absolute Gasteiger partial charge is 0.254 e. The van der Waals surface area contributed by atoms with Gasteiger partial charge in [0.15, 0.2) is 0 Å². The Balaban J connectivity index is 1.81. The molecule has 1 fully saturated rings. The second-order valence-corrected chi connectivity index (χ2v) is 6.43. The number of ether oxygens (including phenoxy) is 1. The molecular weight excluding hydrogens is 316 g/mol. The fourth-order valence-electron chi connectivity index (χ4n) is 3.12. The van der Waals surface area contributed by atoms with Crippen LogP contribution in [0.15, 0.2) is 48.5 Å². The Bertz CT molecular complexity index is 786. The molecule has 2 aromatic rings. The zero-order chi connectivity index (χ0) is 18.0. The first-order chi connectivity index (χ1) is 12.0. The number of carbonyl (C=O) groups is 2. The van der Waals surface area contributed by atoms with Crippen molar-refractivity contribution in [2.75, 3.05) is 13.2 Å². The van der Waals surface area contributed by atoms with Crippen molar-refractivity contribution in [1.82, 2.24) is 4.90 Å². The van der Waals surface area contributed by atoms with Gasteiger partial charge in [-0.25, -0.2) is 0 Å². The Morgan fingerprint density at radius 1 is 1.08 bits per heavy atom. The first kappa shape index (κ1) is 17.2. The van der Waals surface area contributed by atoms with Crippen LogP contribution in [0.5, 0.6) is 0 Å². The summed E-state index contributed by atoms with van der Waals surface area (Å²) in [5.74, 6) is -0.566. The number of amides is 2. The number of rotatable bonds is 3. The number of hydrogen-bond acceptors (Lipinski definition) is 3. The van der Waals surface area contributed by atoms with Gasteiger partial charge in [-0.2, -0.15) is 0 Å². The molecule has 1 heterocycles. The summed E-state index contributed by atoms with van der Waals surface area (Å²) >= 11 is 0. The Morgan fingerprint density at radius 2 is 1.72 bits per heavy atom. The third kappa shape index (κ3) is 3.56. The maximum Gasteiger partial charge on any atom is 0.254 e. The maximum atomic E-state index is 12.9. The molecule has 5 heteroatoms. The third-order valence-electron chi connectivity index (χ3n) is 4.65. The quantitative estimate of drug-likeness (QED) is 0.935. The maximum absolute atomic E-state index is 12.9. The molecule has 0 unspecified atom stereocenters. The van der Waals surface area contributed by atoms with Crippen molar-refractivity contribution >= 4 is 11.8 Å². The van der Waals surface area contributed by atoms with E-state index in [1.165, 1.54) is 0 Å². The molecule has 3 rings (SSSR count). The van der Waals surface area contributed by atoms with Gasteiger partial charge in [-0.3, -0.25) is 9.59 Å². The van der Waals surface area contributed by atoms with Gasteiger partial charge in [0.25, 0.3) is 5.91 Å². The molecule has 2 atom stereocenters. The summed E-state index contributed by atoms with van der Waals surface area (Å²) in [4.78, 5) is 25.9. The van der Waals surface area contributed by atoms with Crippen molar-refractivity contribution in [3.63, 3.8) is 0 Å². The fraction of sp³-hybridized carbons (Fsp3) is 0.300. The average Bonchev–Trinajstić information content (AvgIpc) is 2.62. The van der Waals surface area contributed by atoms with E-state index >= 15 is 0 Å². The molecule has 0 spiro atoms. The summed E-state index contributed by atoms with van der Waals surface area (Å²) in [6.45, 7) is 5.02. The van der Waals surface area contributed by atoms with Gasteiger partial charge in [0.1, 0.15) is 6.10 Å². The SMILES string of the molecule is Cc1ccccc1[C@H]1CN(C(=O)c2ccc(C(N)=O)cc2)[C@@H](C)CO1. The zero-order valence-electron chi connectivity index (χ0n) is 14.4. The number of benzene rings is 2. The summed E-state index contributed by atoms with van der Waals surface area (Å²) < 4.78 is 5.97. The molecule has 0 saturated carbocycles. The molecule has 1 aliphatic heterocycles. The standard InChI is InChI=1S/C20H22N2O3/c1-13-5-3-4-6-17(13)18-11-22(14(2)12-25-18)20(24)16-9-7-15(8-10-16)19(21)23/h3-10,14,18H,11-12H2,1-2H3,(H2,21,23)/t14-,18+/m0/s1. The van der Waals surface area contributed by atoms with E-state index in [-0.39, 0.29) is 18.1 Å². The van der Waals surface area contributed by atoms with Crippen LogP contribution in [0.25, 0.3) is 0 Å². The number of primary amides is 1. The van der Waals surface area contributed by atoms with E-state index in [4.69, 9.17) is 10.5 Å². The highest BCUT2D eigenvalue weighted by Crippen LogP contribution is 2.28. The van der Waals surface area contributed by atoms with Crippen LogP contribution in [-0.2, 0) is 4.74 Å². The van der Waals surface area contributed by atoms with Crippen molar-refractivity contribution < 1.29 is 14.3 Å². The minimum Gasteiger partial charge on any atom is -0.370 e. The van der Waals surface area contributed by atoms with E-state index < -0.39 is 5.91 Å². The average molecular weight is 338 g/mol. The van der Waals surface area contributed by atoms with E-state index in [0.717, 1.165) is 11.1 Å². The van der Waals surface area contributed by atoms with Gasteiger partial charge in [0.2, 0.25) is 5.91 Å². The number of hydrogen-bond donors (Lipinski definition) is 1. The zero-order valence-corrected chi connectivity index (χ0v) is 14.4. The Hall–Kier alpha value is -2.66. The largest absolute Gasteiger partial charge is 0.370 e. The van der Waals surface area contributed by atoms with E-state index in [1.807, 2.05) is 43.0 Å². The summed E-state index contributed by atoms with van der Waals surface area (Å²) in [6, 6.07) is 14.5. The summed E-state index contributed by atoms with van der Waals surface area (Å²) in [7, 11) is 0. The van der Waals surface area contributed by atoms with Gasteiger partial charge in [-0.1, -0.05) is 24.3 Å². The van der Waals surface area contributed by atoms with E-state index in [0.29, 0.717) is 24.3 Å². The van der Waals surface area contributed by atoms with Crippen molar-refractivity contribution in [3.05, 3.63) is 70.8 Å². The predicted molar refractivity (Wildman–Crippen MR) is 95.3 cm³/mol. The molecule has 5 nitrogen and oxygen atoms in total. The lowest BCUT2D eigenvalue weighted by molar-refractivity contribution is -0.0489. The highest BCUT2D eigenvalue weighted by molar-refractivity contribution is 5.97. The molecule has 1 aliphatic rings. The van der Waals surface area contributed by atoms with Crippen LogP contribution in [0.4, 0.5) is 0 Å². The first-order valence-electron chi connectivity index (χ1n) is 8.35. The first-order valence-corrected chi connectivity index (χ1v) is 8.35. The lowest BCUT2D eigenvalue weighted by atomic mass is 10.0. The van der Waals surface area contributed by atoms with Crippen molar-refractivity contribution in [2.24, 2.45) is 5.73 Å². The number of carbonyl (C=O) groups excluding carboxylic acids is 2. The lowest BCUT2D eigenvalue weighted by Crippen LogP contribution is -2.48. The van der Waals surface area contributed by atoms with Gasteiger partial charge in [0.05, 0.1) is 19.2 Å². The van der Waals surface area contributed by atoms with Crippen molar-refractivity contribution in [2.45, 2.75) is 26.0 Å². The fourth-order valence-corrected chi connectivity index (χ4v) is 3.12. The van der Waals surface area contributed by atoms with Crippen LogP contribution < -0.4 is 5.73 Å². The number of nitrogens with two attached hydrogens (primary N) is 1. The molecule has 0 bridgehead atoms. The van der Waals surface area contributed by atoms with Crippen LogP contribution in [0.1, 0.15) is 44.9 Å². The number of nitrogens with zero attached hydrogens (tertiary/aromatic N) is 1. The molecule has 0 radical (unpaired) electrons. The normalized spacial score (nSPS) is 20.3. The highest BCUT2D eigenvalue weighted by Gasteiger charge is 2.31. The molecule has 1 saturated heterocycles. The van der Waals surface area contributed by atoms with Crippen LogP contribution in [0.3, 0.4) is 0 Å². The second-order valence-electron chi connectivity index (χ2n) is 6.43. The summed E-state index contributed by atoms with van der Waals surface area (Å²) in [5.41, 5.74) is 8.45. The van der Waals surface area contributed by atoms with Gasteiger partial charge in [-0.05, 0) is 49.2 Å². The predicted octanol–water partition coefficient (Wildman–Crippen LogP) is 2.70. The molecule has 2 N–H and O–H groups in total. The molecule has 0 aliphatic carbocycles. The Morgan fingerprint density at radius 3 is 2.36 bits per heavy atom. The monoisotopic (exact) mass is 338 g/mol. The van der Waals surface area contributed by atoms with Crippen LogP contribution in [0, 0.1) is 6.92 Å². The van der Waals surface area contributed by atoms with Gasteiger partial charge in [0, 0.05) is 11.1 Å². The number of morpholine rings is 1. The second kappa shape index (κ2) is 7.07. The molecule has 2 aromatic carbocycles. The third-order valence-corrected chi connectivity index (χ3v) is 4.65. The van der Waals surface area contributed by atoms with Gasteiger partial charge >= 0.3 is 0 Å². The van der Waals surface area contributed by atoms with Crippen molar-refractivity contribution in [3.8, 4) is 0 Å². The summed E-state index contributed by atoms with van der Waals surface area (Å²) in [5, 5.41) is 0. The van der Waals surface area contributed by atoms with Crippen LogP contribution in [0.2, 0.25) is 0 Å². The Kier molecular flexibility index (Phi) is 4.86. The highest BCUT2D eigenvalue weighted by atomic mass is 16.5. The molecular formula is C20H22N2O3. The molecule has 0 aromatic heterocycles. The van der Waals surface area contributed by atoms with Crippen molar-refractivity contribution in [1.29, 1.82) is 0 Å². The molecule has 130 valence electrons. The minimum absolute atomic E-state index is 0.0106. The van der Waals surface area contributed by atoms with Gasteiger partial charge in [-0.15, -0.1) is 0 Å². The van der Waals surface area contributed by atoms with Gasteiger partial charge < -0.3 is 15.4 Å².